The van der Waals surface area contributed by atoms with Crippen molar-refractivity contribution in [2.45, 2.75) is 31.2 Å². The number of ether oxygens (including phenoxy) is 1. The monoisotopic (exact) mass is 358 g/mol. The number of aliphatic hydroxyl groups excluding tert-OH is 1. The van der Waals surface area contributed by atoms with E-state index in [0.29, 0.717) is 6.54 Å². The third-order valence-electron chi connectivity index (χ3n) is 4.75. The van der Waals surface area contributed by atoms with Gasteiger partial charge in [-0.1, -0.05) is 6.07 Å². The topological polar surface area (TPSA) is 53.0 Å². The Morgan fingerprint density at radius 3 is 2.64 bits per heavy atom. The summed E-state index contributed by atoms with van der Waals surface area (Å²) >= 11 is 0. The first kappa shape index (κ1) is 18.0. The Kier molecular flexibility index (Phi) is 5.19. The van der Waals surface area contributed by atoms with Gasteiger partial charge in [0.15, 0.2) is 6.61 Å². The van der Waals surface area contributed by atoms with Crippen molar-refractivity contribution in [2.24, 2.45) is 0 Å². The van der Waals surface area contributed by atoms with E-state index < -0.39 is 17.8 Å². The van der Waals surface area contributed by atoms with Crippen molar-refractivity contribution in [3.05, 3.63) is 29.8 Å². The van der Waals surface area contributed by atoms with E-state index in [0.717, 1.165) is 38.1 Å². The fourth-order valence-electron chi connectivity index (χ4n) is 3.40. The van der Waals surface area contributed by atoms with E-state index in [4.69, 9.17) is 4.74 Å². The molecule has 5 nitrogen and oxygen atoms in total. The molecule has 8 heteroatoms. The Labute approximate surface area is 144 Å². The van der Waals surface area contributed by atoms with Gasteiger partial charge in [0.05, 0.1) is 17.7 Å². The maximum atomic E-state index is 12.7. The third kappa shape index (κ3) is 4.24. The summed E-state index contributed by atoms with van der Waals surface area (Å²) in [6.07, 6.45) is -2.87. The quantitative estimate of drug-likeness (QED) is 0.891. The van der Waals surface area contributed by atoms with Gasteiger partial charge >= 0.3 is 6.18 Å². The highest BCUT2D eigenvalue weighted by Gasteiger charge is 2.38. The minimum atomic E-state index is -4.45. The number of carbonyl (C=O) groups is 1. The Bertz CT molecular complexity index is 617. The molecule has 2 fully saturated rings. The number of nitrogens with zero attached hydrogens (tertiary/aromatic N) is 2. The molecule has 138 valence electrons. The number of rotatable bonds is 4. The second-order valence-corrected chi connectivity index (χ2v) is 6.49. The molecular weight excluding hydrogens is 337 g/mol. The van der Waals surface area contributed by atoms with Crippen molar-refractivity contribution >= 4 is 5.91 Å². The second-order valence-electron chi connectivity index (χ2n) is 6.49. The van der Waals surface area contributed by atoms with Crippen LogP contribution >= 0.6 is 0 Å². The number of alkyl halides is 3. The molecule has 0 bridgehead atoms. The van der Waals surface area contributed by atoms with Gasteiger partial charge in [0.1, 0.15) is 5.75 Å². The Hall–Kier alpha value is -1.80. The number of β-amino-alcohol motifs (C(OH)–C–C–N with tert-alkyl or cyclic N) is 1. The molecule has 3 rings (SSSR count). The Morgan fingerprint density at radius 1 is 1.24 bits per heavy atom. The molecule has 0 aliphatic carbocycles. The second kappa shape index (κ2) is 7.21. The summed E-state index contributed by atoms with van der Waals surface area (Å²) < 4.78 is 43.3. The number of hydrogen-bond acceptors (Lipinski definition) is 4. The van der Waals surface area contributed by atoms with Gasteiger partial charge < -0.3 is 14.7 Å². The number of amides is 1. The summed E-state index contributed by atoms with van der Waals surface area (Å²) in [5, 5.41) is 10.2. The highest BCUT2D eigenvalue weighted by Crippen LogP contribution is 2.31. The lowest BCUT2D eigenvalue weighted by Gasteiger charge is -2.25. The van der Waals surface area contributed by atoms with E-state index in [-0.39, 0.29) is 30.9 Å². The van der Waals surface area contributed by atoms with Crippen molar-refractivity contribution in [3.8, 4) is 5.75 Å². The maximum absolute atomic E-state index is 12.7. The van der Waals surface area contributed by atoms with Crippen molar-refractivity contribution < 1.29 is 27.8 Å². The van der Waals surface area contributed by atoms with Gasteiger partial charge in [0.25, 0.3) is 5.91 Å². The predicted molar refractivity (Wildman–Crippen MR) is 84.1 cm³/mol. The molecule has 0 aromatic heterocycles. The standard InChI is InChI=1S/C17H21F3N2O3/c18-17(19,20)12-4-3-5-13(8-12)25-11-16(24)22-9-14(15(23)10-22)21-6-1-2-7-21/h3-5,8,14-15,23H,1-2,6-7,9-11H2. The minimum absolute atomic E-state index is 0.000914. The number of aliphatic hydroxyl groups is 1. The van der Waals surface area contributed by atoms with E-state index in [2.05, 4.69) is 4.90 Å². The summed E-state index contributed by atoms with van der Waals surface area (Å²) in [5.41, 5.74) is -0.817. The van der Waals surface area contributed by atoms with Crippen LogP contribution in [0.1, 0.15) is 18.4 Å². The van der Waals surface area contributed by atoms with Gasteiger partial charge in [0, 0.05) is 13.1 Å². The molecule has 2 aliphatic heterocycles. The molecule has 1 amide bonds. The lowest BCUT2D eigenvalue weighted by molar-refractivity contribution is -0.137. The zero-order valence-electron chi connectivity index (χ0n) is 13.7. The van der Waals surface area contributed by atoms with Crippen LogP contribution in [0.2, 0.25) is 0 Å². The fraction of sp³-hybridized carbons (Fsp3) is 0.588. The van der Waals surface area contributed by atoms with Gasteiger partial charge in [-0.2, -0.15) is 13.2 Å². The summed E-state index contributed by atoms with van der Waals surface area (Å²) in [5.74, 6) is -0.336. The molecule has 1 aromatic rings. The number of likely N-dealkylation sites (tertiary alicyclic amines) is 2. The van der Waals surface area contributed by atoms with Gasteiger partial charge in [-0.25, -0.2) is 0 Å². The highest BCUT2D eigenvalue weighted by molar-refractivity contribution is 5.78. The lowest BCUT2D eigenvalue weighted by atomic mass is 10.2. The average Bonchev–Trinajstić information content (AvgIpc) is 3.21. The van der Waals surface area contributed by atoms with Crippen LogP contribution in [0, 0.1) is 0 Å². The fourth-order valence-corrected chi connectivity index (χ4v) is 3.40. The molecule has 0 saturated carbocycles. The van der Waals surface area contributed by atoms with E-state index >= 15 is 0 Å². The molecule has 1 aromatic carbocycles. The lowest BCUT2D eigenvalue weighted by Crippen LogP contribution is -2.41. The molecule has 0 spiro atoms. The van der Waals surface area contributed by atoms with Crippen molar-refractivity contribution in [2.75, 3.05) is 32.8 Å². The number of benzene rings is 1. The summed E-state index contributed by atoms with van der Waals surface area (Å²) in [6.45, 7) is 2.15. The minimum Gasteiger partial charge on any atom is -0.484 e. The number of halogens is 3. The van der Waals surface area contributed by atoms with Crippen LogP contribution in [0.4, 0.5) is 13.2 Å². The van der Waals surface area contributed by atoms with Crippen molar-refractivity contribution in [1.29, 1.82) is 0 Å². The molecule has 2 aliphatic rings. The molecular formula is C17H21F3N2O3. The van der Waals surface area contributed by atoms with Crippen molar-refractivity contribution in [3.63, 3.8) is 0 Å². The molecule has 2 heterocycles. The van der Waals surface area contributed by atoms with E-state index in [1.165, 1.54) is 17.0 Å². The molecule has 0 radical (unpaired) electrons. The summed E-state index contributed by atoms with van der Waals surface area (Å²) in [7, 11) is 0. The van der Waals surface area contributed by atoms with E-state index in [1.54, 1.807) is 0 Å². The maximum Gasteiger partial charge on any atom is 0.416 e. The van der Waals surface area contributed by atoms with Crippen LogP contribution < -0.4 is 4.74 Å². The molecule has 25 heavy (non-hydrogen) atoms. The third-order valence-corrected chi connectivity index (χ3v) is 4.75. The molecule has 1 N–H and O–H groups in total. The summed E-state index contributed by atoms with van der Waals surface area (Å²) in [6, 6.07) is 4.38. The van der Waals surface area contributed by atoms with Crippen LogP contribution in [-0.2, 0) is 11.0 Å². The number of carbonyl (C=O) groups excluding carboxylic acids is 1. The average molecular weight is 358 g/mol. The molecule has 2 saturated heterocycles. The first-order valence-electron chi connectivity index (χ1n) is 8.34. The highest BCUT2D eigenvalue weighted by atomic mass is 19.4. The van der Waals surface area contributed by atoms with Gasteiger partial charge in [-0.15, -0.1) is 0 Å². The van der Waals surface area contributed by atoms with Crippen molar-refractivity contribution in [1.82, 2.24) is 9.80 Å². The smallest absolute Gasteiger partial charge is 0.416 e. The first-order chi connectivity index (χ1) is 11.8. The number of hydrogen-bond donors (Lipinski definition) is 1. The Balaban J connectivity index is 1.55. The van der Waals surface area contributed by atoms with Gasteiger partial charge in [0.2, 0.25) is 0 Å². The van der Waals surface area contributed by atoms with Gasteiger partial charge in [-0.3, -0.25) is 9.69 Å². The molecule has 2 unspecified atom stereocenters. The van der Waals surface area contributed by atoms with Crippen LogP contribution in [0.25, 0.3) is 0 Å². The predicted octanol–water partition coefficient (Wildman–Crippen LogP) is 1.75. The zero-order chi connectivity index (χ0) is 18.0. The van der Waals surface area contributed by atoms with Crippen LogP contribution in [0.5, 0.6) is 5.75 Å². The van der Waals surface area contributed by atoms with Gasteiger partial charge in [-0.05, 0) is 44.1 Å². The molecule has 2 atom stereocenters. The van der Waals surface area contributed by atoms with Crippen LogP contribution in [0.15, 0.2) is 24.3 Å². The van der Waals surface area contributed by atoms with E-state index in [9.17, 15) is 23.1 Å². The largest absolute Gasteiger partial charge is 0.484 e. The van der Waals surface area contributed by atoms with Crippen LogP contribution in [0.3, 0.4) is 0 Å². The normalized spacial score (nSPS) is 24.7. The summed E-state index contributed by atoms with van der Waals surface area (Å²) in [4.78, 5) is 16.0. The zero-order valence-corrected chi connectivity index (χ0v) is 13.7. The first-order valence-corrected chi connectivity index (χ1v) is 8.34. The van der Waals surface area contributed by atoms with E-state index in [1.807, 2.05) is 0 Å². The Morgan fingerprint density at radius 2 is 1.96 bits per heavy atom. The SMILES string of the molecule is O=C(COc1cccc(C(F)(F)F)c1)N1CC(O)C(N2CCCC2)C1. The van der Waals surface area contributed by atoms with Crippen LogP contribution in [-0.4, -0.2) is 65.7 Å².